The zero-order chi connectivity index (χ0) is 11.5. The smallest absolute Gasteiger partial charge is 0.323 e. The van der Waals surface area contributed by atoms with Crippen LogP contribution in [-0.4, -0.2) is 18.6 Å². The van der Waals surface area contributed by atoms with Crippen LogP contribution in [0.3, 0.4) is 0 Å². The molecule has 1 unspecified atom stereocenters. The van der Waals surface area contributed by atoms with Gasteiger partial charge in [0.15, 0.2) is 0 Å². The lowest BCUT2D eigenvalue weighted by molar-refractivity contribution is -0.139. The first-order chi connectivity index (χ1) is 7.66. The fraction of sp³-hybridized carbons (Fsp3) is 0.364. The van der Waals surface area contributed by atoms with Gasteiger partial charge < -0.3 is 10.1 Å². The zero-order valence-corrected chi connectivity index (χ0v) is 10.1. The maximum atomic E-state index is 13.4. The molecule has 1 aliphatic heterocycles. The van der Waals surface area contributed by atoms with E-state index >= 15 is 0 Å². The van der Waals surface area contributed by atoms with E-state index in [0.717, 1.165) is 4.47 Å². The third-order valence-electron chi connectivity index (χ3n) is 2.48. The van der Waals surface area contributed by atoms with Gasteiger partial charge in [-0.3, -0.25) is 4.79 Å². The van der Waals surface area contributed by atoms with Crippen molar-refractivity contribution < 1.29 is 13.9 Å². The molecule has 1 atom stereocenters. The third kappa shape index (κ3) is 2.59. The average Bonchev–Trinajstić information content (AvgIpc) is 2.66. The summed E-state index contributed by atoms with van der Waals surface area (Å²) in [5.74, 6) is -0.530. The highest BCUT2D eigenvalue weighted by molar-refractivity contribution is 9.10. The summed E-state index contributed by atoms with van der Waals surface area (Å²) in [6.45, 7) is 0.766. The van der Waals surface area contributed by atoms with Crippen LogP contribution in [0.1, 0.15) is 12.0 Å². The molecule has 86 valence electrons. The molecule has 2 rings (SSSR count). The Hall–Kier alpha value is -0.940. The van der Waals surface area contributed by atoms with Crippen molar-refractivity contribution in [3.05, 3.63) is 34.1 Å². The van der Waals surface area contributed by atoms with Crippen molar-refractivity contribution in [1.82, 2.24) is 5.32 Å². The highest BCUT2D eigenvalue weighted by atomic mass is 79.9. The Morgan fingerprint density at radius 3 is 3.06 bits per heavy atom. The van der Waals surface area contributed by atoms with E-state index in [1.807, 2.05) is 0 Å². The number of cyclic esters (lactones) is 1. The van der Waals surface area contributed by atoms with Crippen LogP contribution in [0.2, 0.25) is 0 Å². The Bertz CT molecular complexity index is 411. The van der Waals surface area contributed by atoms with Gasteiger partial charge in [-0.15, -0.1) is 0 Å². The first kappa shape index (κ1) is 11.5. The maximum absolute atomic E-state index is 13.4. The Labute approximate surface area is 101 Å². The van der Waals surface area contributed by atoms with Gasteiger partial charge >= 0.3 is 5.97 Å². The molecule has 1 saturated heterocycles. The van der Waals surface area contributed by atoms with E-state index in [-0.39, 0.29) is 17.8 Å². The molecule has 5 heteroatoms. The van der Waals surface area contributed by atoms with Crippen LogP contribution in [0.4, 0.5) is 4.39 Å². The summed E-state index contributed by atoms with van der Waals surface area (Å²) in [6, 6.07) is 4.43. The standard InChI is InChI=1S/C11H11BrFNO2/c12-8-1-2-9(13)7(5-8)6-14-10-3-4-16-11(10)15/h1-2,5,10,14H,3-4,6H2. The lowest BCUT2D eigenvalue weighted by atomic mass is 10.2. The molecule has 1 aliphatic rings. The summed E-state index contributed by atoms with van der Waals surface area (Å²) in [7, 11) is 0. The number of nitrogens with one attached hydrogen (secondary N) is 1. The summed E-state index contributed by atoms with van der Waals surface area (Å²) >= 11 is 3.28. The van der Waals surface area contributed by atoms with E-state index in [1.54, 1.807) is 12.1 Å². The number of rotatable bonds is 3. The number of esters is 1. The number of ether oxygens (including phenoxy) is 1. The number of halogens is 2. The first-order valence-corrected chi connectivity index (χ1v) is 5.80. The normalized spacial score (nSPS) is 19.9. The second kappa shape index (κ2) is 4.93. The second-order valence-corrected chi connectivity index (χ2v) is 4.54. The van der Waals surface area contributed by atoms with Crippen LogP contribution in [0.15, 0.2) is 22.7 Å². The maximum Gasteiger partial charge on any atom is 0.323 e. The SMILES string of the molecule is O=C1OCCC1NCc1cc(Br)ccc1F. The molecule has 0 radical (unpaired) electrons. The summed E-state index contributed by atoms with van der Waals surface area (Å²) in [6.07, 6.45) is 0.647. The molecule has 0 spiro atoms. The number of benzene rings is 1. The van der Waals surface area contributed by atoms with Gasteiger partial charge in [0, 0.05) is 23.0 Å². The fourth-order valence-corrected chi connectivity index (χ4v) is 2.00. The van der Waals surface area contributed by atoms with Crippen LogP contribution in [0, 0.1) is 5.82 Å². The molecule has 1 aromatic rings. The van der Waals surface area contributed by atoms with Crippen LogP contribution in [0.25, 0.3) is 0 Å². The van der Waals surface area contributed by atoms with Gasteiger partial charge in [0.1, 0.15) is 11.9 Å². The van der Waals surface area contributed by atoms with Crippen molar-refractivity contribution >= 4 is 21.9 Å². The Morgan fingerprint density at radius 2 is 2.38 bits per heavy atom. The van der Waals surface area contributed by atoms with Crippen molar-refractivity contribution in [2.75, 3.05) is 6.61 Å². The van der Waals surface area contributed by atoms with Gasteiger partial charge in [0.2, 0.25) is 0 Å². The zero-order valence-electron chi connectivity index (χ0n) is 8.50. The number of carbonyl (C=O) groups is 1. The molecule has 16 heavy (non-hydrogen) atoms. The van der Waals surface area contributed by atoms with Gasteiger partial charge in [-0.25, -0.2) is 4.39 Å². The minimum Gasteiger partial charge on any atom is -0.464 e. The van der Waals surface area contributed by atoms with Crippen molar-refractivity contribution in [3.63, 3.8) is 0 Å². The Morgan fingerprint density at radius 1 is 1.56 bits per heavy atom. The largest absolute Gasteiger partial charge is 0.464 e. The lowest BCUT2D eigenvalue weighted by Crippen LogP contribution is -2.32. The predicted molar refractivity (Wildman–Crippen MR) is 60.3 cm³/mol. The molecule has 1 aromatic carbocycles. The average molecular weight is 288 g/mol. The molecule has 0 aliphatic carbocycles. The third-order valence-corrected chi connectivity index (χ3v) is 2.98. The second-order valence-electron chi connectivity index (χ2n) is 3.63. The molecule has 1 fully saturated rings. The molecule has 0 aromatic heterocycles. The summed E-state index contributed by atoms with van der Waals surface area (Å²) in [5.41, 5.74) is 0.536. The van der Waals surface area contributed by atoms with Gasteiger partial charge in [0.25, 0.3) is 0 Å². The van der Waals surface area contributed by atoms with Crippen LogP contribution >= 0.6 is 15.9 Å². The van der Waals surface area contributed by atoms with Gasteiger partial charge in [-0.1, -0.05) is 15.9 Å². The molecule has 0 amide bonds. The van der Waals surface area contributed by atoms with Gasteiger partial charge in [0.05, 0.1) is 6.61 Å². The molecule has 0 bridgehead atoms. The molecule has 1 N–H and O–H groups in total. The van der Waals surface area contributed by atoms with E-state index in [2.05, 4.69) is 21.2 Å². The Balaban J connectivity index is 1.98. The first-order valence-electron chi connectivity index (χ1n) is 5.01. The molecule has 1 heterocycles. The Kier molecular flexibility index (Phi) is 3.56. The van der Waals surface area contributed by atoms with E-state index in [4.69, 9.17) is 4.74 Å². The minimum atomic E-state index is -0.307. The number of hydrogen-bond donors (Lipinski definition) is 1. The summed E-state index contributed by atoms with van der Waals surface area (Å²) in [5, 5.41) is 2.98. The van der Waals surface area contributed by atoms with Crippen molar-refractivity contribution in [2.45, 2.75) is 19.0 Å². The fourth-order valence-electron chi connectivity index (χ4n) is 1.59. The van der Waals surface area contributed by atoms with Crippen LogP contribution < -0.4 is 5.32 Å². The van der Waals surface area contributed by atoms with E-state index in [1.165, 1.54) is 6.07 Å². The highest BCUT2D eigenvalue weighted by Crippen LogP contribution is 2.16. The minimum absolute atomic E-state index is 0.254. The van der Waals surface area contributed by atoms with Crippen molar-refractivity contribution in [2.24, 2.45) is 0 Å². The monoisotopic (exact) mass is 287 g/mol. The molecular weight excluding hydrogens is 277 g/mol. The summed E-state index contributed by atoms with van der Waals surface area (Å²) < 4.78 is 19.0. The number of hydrogen-bond acceptors (Lipinski definition) is 3. The number of carbonyl (C=O) groups excluding carboxylic acids is 1. The van der Waals surface area contributed by atoms with Crippen molar-refractivity contribution in [3.8, 4) is 0 Å². The highest BCUT2D eigenvalue weighted by Gasteiger charge is 2.25. The molecule has 0 saturated carbocycles. The van der Waals surface area contributed by atoms with Crippen LogP contribution in [0.5, 0.6) is 0 Å². The van der Waals surface area contributed by atoms with Crippen LogP contribution in [-0.2, 0) is 16.1 Å². The van der Waals surface area contributed by atoms with E-state index in [0.29, 0.717) is 25.1 Å². The quantitative estimate of drug-likeness (QED) is 0.864. The predicted octanol–water partition coefficient (Wildman–Crippen LogP) is 1.99. The van der Waals surface area contributed by atoms with Gasteiger partial charge in [-0.2, -0.15) is 0 Å². The van der Waals surface area contributed by atoms with Crippen molar-refractivity contribution in [1.29, 1.82) is 0 Å². The summed E-state index contributed by atoms with van der Waals surface area (Å²) in [4.78, 5) is 11.2. The molecule has 3 nitrogen and oxygen atoms in total. The molecular formula is C11H11BrFNO2. The van der Waals surface area contributed by atoms with E-state index < -0.39 is 0 Å². The van der Waals surface area contributed by atoms with Gasteiger partial charge in [-0.05, 0) is 18.2 Å². The topological polar surface area (TPSA) is 38.3 Å². The lowest BCUT2D eigenvalue weighted by Gasteiger charge is -2.09. The van der Waals surface area contributed by atoms with E-state index in [9.17, 15) is 9.18 Å².